The lowest BCUT2D eigenvalue weighted by Crippen LogP contribution is -3.00. The number of likely N-dealkylation sites (tertiary alicyclic amines) is 1. The Balaban J connectivity index is 0.00000161. The van der Waals surface area contributed by atoms with Crippen molar-refractivity contribution in [2.24, 2.45) is 0 Å². The lowest BCUT2D eigenvalue weighted by molar-refractivity contribution is -0.00000513. The fourth-order valence-corrected chi connectivity index (χ4v) is 3.37. The number of nitrogens with zero attached hydrogens (tertiary/aromatic N) is 4. The molecule has 0 aliphatic carbocycles. The maximum atomic E-state index is 4.71. The van der Waals surface area contributed by atoms with Crippen LogP contribution < -0.4 is 17.0 Å². The number of halogens is 1. The molecule has 5 heteroatoms. The lowest BCUT2D eigenvalue weighted by atomic mass is 9.97. The van der Waals surface area contributed by atoms with Crippen molar-refractivity contribution in [1.82, 2.24) is 19.3 Å². The van der Waals surface area contributed by atoms with E-state index in [4.69, 9.17) is 4.98 Å². The fourth-order valence-electron chi connectivity index (χ4n) is 3.37. The van der Waals surface area contributed by atoms with E-state index in [2.05, 4.69) is 47.3 Å². The van der Waals surface area contributed by atoms with E-state index in [0.29, 0.717) is 12.1 Å². The Morgan fingerprint density at radius 2 is 1.81 bits per heavy atom. The highest BCUT2D eigenvalue weighted by molar-refractivity contribution is 5.34. The number of aromatic nitrogens is 3. The van der Waals surface area contributed by atoms with Crippen molar-refractivity contribution in [3.05, 3.63) is 29.3 Å². The Morgan fingerprint density at radius 1 is 1.14 bits per heavy atom. The number of imidazole rings is 1. The molecule has 0 radical (unpaired) electrons. The van der Waals surface area contributed by atoms with Crippen molar-refractivity contribution < 1.29 is 17.0 Å². The van der Waals surface area contributed by atoms with Crippen LogP contribution in [-0.2, 0) is 6.54 Å². The minimum Gasteiger partial charge on any atom is -1.00 e. The van der Waals surface area contributed by atoms with Crippen LogP contribution in [0, 0.1) is 13.8 Å². The van der Waals surface area contributed by atoms with E-state index in [0.717, 1.165) is 23.7 Å². The SMILES string of the molecule is Cc1cc(C)n2cc(CN3C(C)CCCC3C)nc2n1.[Br-]. The van der Waals surface area contributed by atoms with Crippen LogP contribution in [0.4, 0.5) is 0 Å². The monoisotopic (exact) mass is 351 g/mol. The van der Waals surface area contributed by atoms with Crippen LogP contribution in [0.2, 0.25) is 0 Å². The van der Waals surface area contributed by atoms with Crippen LogP contribution >= 0.6 is 0 Å². The predicted molar refractivity (Wildman–Crippen MR) is 80.8 cm³/mol. The molecule has 2 aromatic heterocycles. The van der Waals surface area contributed by atoms with Gasteiger partial charge in [0.15, 0.2) is 0 Å². The van der Waals surface area contributed by atoms with E-state index < -0.39 is 0 Å². The summed E-state index contributed by atoms with van der Waals surface area (Å²) < 4.78 is 2.10. The summed E-state index contributed by atoms with van der Waals surface area (Å²) in [5, 5.41) is 0. The first-order chi connectivity index (χ1) is 9.54. The number of hydrogen-bond donors (Lipinski definition) is 0. The second kappa shape index (κ2) is 6.44. The summed E-state index contributed by atoms with van der Waals surface area (Å²) in [5.74, 6) is 0.829. The summed E-state index contributed by atoms with van der Waals surface area (Å²) in [5.41, 5.74) is 3.37. The third kappa shape index (κ3) is 3.29. The highest BCUT2D eigenvalue weighted by Crippen LogP contribution is 2.24. The molecule has 2 aromatic rings. The maximum Gasteiger partial charge on any atom is 0.234 e. The van der Waals surface area contributed by atoms with Gasteiger partial charge in [-0.3, -0.25) is 9.30 Å². The minimum absolute atomic E-state index is 0. The Morgan fingerprint density at radius 3 is 2.48 bits per heavy atom. The summed E-state index contributed by atoms with van der Waals surface area (Å²) in [4.78, 5) is 11.8. The van der Waals surface area contributed by atoms with Crippen LogP contribution in [0.15, 0.2) is 12.3 Å². The standard InChI is InChI=1S/C16H24N4.BrH/c1-11-8-14(4)20-10-15(18-16(20)17-11)9-19-12(2)6-5-7-13(19)3;/h8,10,12-13H,5-7,9H2,1-4H3;1H/p-1. The van der Waals surface area contributed by atoms with E-state index in [1.54, 1.807) is 0 Å². The molecule has 1 aliphatic heterocycles. The van der Waals surface area contributed by atoms with E-state index in [9.17, 15) is 0 Å². The molecule has 0 N–H and O–H groups in total. The van der Waals surface area contributed by atoms with E-state index >= 15 is 0 Å². The number of hydrogen-bond acceptors (Lipinski definition) is 3. The van der Waals surface area contributed by atoms with Gasteiger partial charge in [-0.15, -0.1) is 0 Å². The smallest absolute Gasteiger partial charge is 0.234 e. The second-order valence-electron chi connectivity index (χ2n) is 6.24. The van der Waals surface area contributed by atoms with Crippen molar-refractivity contribution >= 4 is 5.78 Å². The Hall–Kier alpha value is -0.940. The van der Waals surface area contributed by atoms with Gasteiger partial charge in [0.25, 0.3) is 0 Å². The van der Waals surface area contributed by atoms with Gasteiger partial charge in [-0.05, 0) is 46.6 Å². The molecule has 1 saturated heterocycles. The predicted octanol–water partition coefficient (Wildman–Crippen LogP) is 0.113. The van der Waals surface area contributed by atoms with Gasteiger partial charge in [-0.1, -0.05) is 6.42 Å². The number of fused-ring (bicyclic) bond motifs is 1. The normalized spacial score (nSPS) is 23.2. The highest BCUT2D eigenvalue weighted by atomic mass is 79.9. The van der Waals surface area contributed by atoms with Crippen molar-refractivity contribution in [2.45, 2.75) is 65.6 Å². The number of aryl methyl sites for hydroxylation is 2. The number of rotatable bonds is 2. The summed E-state index contributed by atoms with van der Waals surface area (Å²) in [6.45, 7) is 9.73. The Labute approximate surface area is 137 Å². The van der Waals surface area contributed by atoms with E-state index in [1.807, 2.05) is 6.92 Å². The molecular formula is C16H24BrN4-. The van der Waals surface area contributed by atoms with Crippen LogP contribution in [-0.4, -0.2) is 31.4 Å². The summed E-state index contributed by atoms with van der Waals surface area (Å²) >= 11 is 0. The van der Waals surface area contributed by atoms with Crippen LogP contribution in [0.25, 0.3) is 5.78 Å². The topological polar surface area (TPSA) is 33.4 Å². The second-order valence-corrected chi connectivity index (χ2v) is 6.24. The highest BCUT2D eigenvalue weighted by Gasteiger charge is 2.25. The van der Waals surface area contributed by atoms with Crippen molar-refractivity contribution in [3.8, 4) is 0 Å². The average Bonchev–Trinajstić information content (AvgIpc) is 2.77. The molecule has 3 rings (SSSR count). The van der Waals surface area contributed by atoms with Crippen LogP contribution in [0.5, 0.6) is 0 Å². The molecule has 2 unspecified atom stereocenters. The van der Waals surface area contributed by atoms with Crippen molar-refractivity contribution in [3.63, 3.8) is 0 Å². The van der Waals surface area contributed by atoms with Crippen molar-refractivity contribution in [2.75, 3.05) is 0 Å². The quantitative estimate of drug-likeness (QED) is 0.770. The Bertz CT molecular complexity index is 612. The molecule has 0 aromatic carbocycles. The molecule has 0 spiro atoms. The summed E-state index contributed by atoms with van der Waals surface area (Å²) in [6.07, 6.45) is 6.09. The van der Waals surface area contributed by atoms with E-state index in [1.165, 1.54) is 25.0 Å². The van der Waals surface area contributed by atoms with Gasteiger partial charge in [-0.25, -0.2) is 9.97 Å². The number of piperidine rings is 1. The molecule has 21 heavy (non-hydrogen) atoms. The molecular weight excluding hydrogens is 328 g/mol. The van der Waals surface area contributed by atoms with Crippen LogP contribution in [0.1, 0.15) is 50.2 Å². The molecule has 3 heterocycles. The van der Waals surface area contributed by atoms with Gasteiger partial charge in [-0.2, -0.15) is 0 Å². The van der Waals surface area contributed by atoms with Gasteiger partial charge >= 0.3 is 0 Å². The first kappa shape index (κ1) is 16.4. The average molecular weight is 352 g/mol. The molecule has 0 saturated carbocycles. The molecule has 4 nitrogen and oxygen atoms in total. The molecule has 1 aliphatic rings. The van der Waals surface area contributed by atoms with E-state index in [-0.39, 0.29) is 17.0 Å². The summed E-state index contributed by atoms with van der Waals surface area (Å²) in [6, 6.07) is 3.41. The minimum atomic E-state index is 0. The summed E-state index contributed by atoms with van der Waals surface area (Å²) in [7, 11) is 0. The van der Waals surface area contributed by atoms with Gasteiger partial charge in [0.05, 0.1) is 5.69 Å². The van der Waals surface area contributed by atoms with Crippen molar-refractivity contribution in [1.29, 1.82) is 0 Å². The van der Waals surface area contributed by atoms with Crippen LogP contribution in [0.3, 0.4) is 0 Å². The van der Waals surface area contributed by atoms with Gasteiger partial charge in [0.1, 0.15) is 0 Å². The molecule has 1 fully saturated rings. The zero-order chi connectivity index (χ0) is 14.3. The molecule has 0 amide bonds. The molecule has 116 valence electrons. The molecule has 2 atom stereocenters. The van der Waals surface area contributed by atoms with Gasteiger partial charge < -0.3 is 17.0 Å². The lowest BCUT2D eigenvalue weighted by Gasteiger charge is -2.38. The van der Waals surface area contributed by atoms with Gasteiger partial charge in [0.2, 0.25) is 5.78 Å². The first-order valence-corrected chi connectivity index (χ1v) is 7.62. The van der Waals surface area contributed by atoms with Gasteiger partial charge in [0, 0.05) is 36.2 Å². The molecule has 0 bridgehead atoms. The third-order valence-electron chi connectivity index (χ3n) is 4.53. The largest absolute Gasteiger partial charge is 1.00 e. The third-order valence-corrected chi connectivity index (χ3v) is 4.53. The maximum absolute atomic E-state index is 4.71. The zero-order valence-corrected chi connectivity index (χ0v) is 14.9. The Kier molecular flexibility index (Phi) is 5.04. The fraction of sp³-hybridized carbons (Fsp3) is 0.625. The zero-order valence-electron chi connectivity index (χ0n) is 13.3. The first-order valence-electron chi connectivity index (χ1n) is 7.62.